The largest absolute Gasteiger partial charge is 0.395 e. The van der Waals surface area contributed by atoms with E-state index in [2.05, 4.69) is 18.9 Å². The van der Waals surface area contributed by atoms with Crippen molar-refractivity contribution in [2.45, 2.75) is 57.7 Å². The number of rotatable bonds is 4. The number of nitrogens with zero attached hydrogens (tertiary/aromatic N) is 1. The van der Waals surface area contributed by atoms with Gasteiger partial charge in [-0.2, -0.15) is 0 Å². The van der Waals surface area contributed by atoms with Gasteiger partial charge in [-0.05, 0) is 32.7 Å². The molecule has 0 aromatic rings. The maximum absolute atomic E-state index is 9.34. The maximum atomic E-state index is 9.34. The standard InChI is InChI=1S/C12H26N2O/c1-9-5-4-6-11(7-9)14(3)12(8-15)10(2)13/h9-12,15H,4-8,13H2,1-3H3. The van der Waals surface area contributed by atoms with Gasteiger partial charge in [0.05, 0.1) is 6.61 Å². The van der Waals surface area contributed by atoms with Crippen LogP contribution in [0.1, 0.15) is 39.5 Å². The van der Waals surface area contributed by atoms with Crippen molar-refractivity contribution in [3.05, 3.63) is 0 Å². The van der Waals surface area contributed by atoms with Gasteiger partial charge in [-0.15, -0.1) is 0 Å². The van der Waals surface area contributed by atoms with Gasteiger partial charge in [0.15, 0.2) is 0 Å². The Balaban J connectivity index is 2.53. The molecule has 4 unspecified atom stereocenters. The third-order valence-electron chi connectivity index (χ3n) is 3.80. The van der Waals surface area contributed by atoms with Crippen LogP contribution in [0.4, 0.5) is 0 Å². The lowest BCUT2D eigenvalue weighted by Crippen LogP contribution is -2.52. The molecule has 0 saturated heterocycles. The van der Waals surface area contributed by atoms with E-state index in [0.717, 1.165) is 5.92 Å². The van der Waals surface area contributed by atoms with Gasteiger partial charge in [0.25, 0.3) is 0 Å². The molecule has 4 atom stereocenters. The monoisotopic (exact) mass is 214 g/mol. The van der Waals surface area contributed by atoms with E-state index in [1.54, 1.807) is 0 Å². The van der Waals surface area contributed by atoms with Gasteiger partial charge in [-0.1, -0.05) is 19.8 Å². The smallest absolute Gasteiger partial charge is 0.0601 e. The Bertz CT molecular complexity index is 184. The van der Waals surface area contributed by atoms with Crippen LogP contribution in [0.25, 0.3) is 0 Å². The van der Waals surface area contributed by atoms with Gasteiger partial charge in [0.1, 0.15) is 0 Å². The average Bonchev–Trinajstić information content (AvgIpc) is 2.18. The van der Waals surface area contributed by atoms with Gasteiger partial charge in [0, 0.05) is 18.1 Å². The lowest BCUT2D eigenvalue weighted by molar-refractivity contribution is 0.0674. The van der Waals surface area contributed by atoms with Gasteiger partial charge in [0.2, 0.25) is 0 Å². The Morgan fingerprint density at radius 1 is 1.47 bits per heavy atom. The molecule has 3 N–H and O–H groups in total. The molecule has 1 aliphatic carbocycles. The van der Waals surface area contributed by atoms with Gasteiger partial charge < -0.3 is 10.8 Å². The molecule has 0 radical (unpaired) electrons. The molecule has 0 heterocycles. The fourth-order valence-corrected chi connectivity index (χ4v) is 2.71. The van der Waals surface area contributed by atoms with Crippen molar-refractivity contribution < 1.29 is 5.11 Å². The minimum atomic E-state index is 0.0391. The van der Waals surface area contributed by atoms with Crippen LogP contribution in [0.3, 0.4) is 0 Å². The zero-order chi connectivity index (χ0) is 11.4. The molecule has 1 saturated carbocycles. The molecular formula is C12H26N2O. The second-order valence-electron chi connectivity index (χ2n) is 5.20. The van der Waals surface area contributed by atoms with Crippen molar-refractivity contribution >= 4 is 0 Å². The van der Waals surface area contributed by atoms with Crippen LogP contribution in [-0.4, -0.2) is 41.8 Å². The molecule has 0 aromatic carbocycles. The van der Waals surface area contributed by atoms with Crippen molar-refractivity contribution in [1.29, 1.82) is 0 Å². The topological polar surface area (TPSA) is 49.5 Å². The number of hydrogen-bond donors (Lipinski definition) is 2. The van der Waals surface area contributed by atoms with Crippen molar-refractivity contribution in [1.82, 2.24) is 4.90 Å². The molecule has 1 fully saturated rings. The number of hydrogen-bond acceptors (Lipinski definition) is 3. The zero-order valence-corrected chi connectivity index (χ0v) is 10.3. The molecular weight excluding hydrogens is 188 g/mol. The number of likely N-dealkylation sites (N-methyl/N-ethyl adjacent to an activating group) is 1. The fraction of sp³-hybridized carbons (Fsp3) is 1.00. The van der Waals surface area contributed by atoms with Crippen LogP contribution < -0.4 is 5.73 Å². The zero-order valence-electron chi connectivity index (χ0n) is 10.3. The number of aliphatic hydroxyl groups excluding tert-OH is 1. The molecule has 0 amide bonds. The van der Waals surface area contributed by atoms with Crippen LogP contribution in [-0.2, 0) is 0 Å². The summed E-state index contributed by atoms with van der Waals surface area (Å²) in [6.07, 6.45) is 5.17. The molecule has 1 aliphatic rings. The highest BCUT2D eigenvalue weighted by Crippen LogP contribution is 2.27. The number of aliphatic hydroxyl groups is 1. The van der Waals surface area contributed by atoms with Crippen molar-refractivity contribution in [3.8, 4) is 0 Å². The van der Waals surface area contributed by atoms with Crippen LogP contribution in [0.2, 0.25) is 0 Å². The first-order valence-corrected chi connectivity index (χ1v) is 6.14. The van der Waals surface area contributed by atoms with Crippen molar-refractivity contribution in [2.24, 2.45) is 11.7 Å². The molecule has 15 heavy (non-hydrogen) atoms. The van der Waals surface area contributed by atoms with Crippen LogP contribution in [0.5, 0.6) is 0 Å². The molecule has 3 nitrogen and oxygen atoms in total. The van der Waals surface area contributed by atoms with Gasteiger partial charge >= 0.3 is 0 Å². The summed E-state index contributed by atoms with van der Waals surface area (Å²) in [6.45, 7) is 4.46. The van der Waals surface area contributed by atoms with E-state index < -0.39 is 0 Å². The van der Waals surface area contributed by atoms with Crippen molar-refractivity contribution in [3.63, 3.8) is 0 Å². The fourth-order valence-electron chi connectivity index (χ4n) is 2.71. The summed E-state index contributed by atoms with van der Waals surface area (Å²) in [4.78, 5) is 2.29. The SMILES string of the molecule is CC1CCCC(N(C)C(CO)C(C)N)C1. The lowest BCUT2D eigenvalue weighted by atomic mass is 9.85. The molecule has 3 heteroatoms. The Hall–Kier alpha value is -0.120. The molecule has 0 aromatic heterocycles. The van der Waals surface area contributed by atoms with E-state index in [1.807, 2.05) is 6.92 Å². The summed E-state index contributed by atoms with van der Waals surface area (Å²) in [5.74, 6) is 0.818. The second-order valence-corrected chi connectivity index (χ2v) is 5.20. The van der Waals surface area contributed by atoms with Gasteiger partial charge in [-0.3, -0.25) is 4.90 Å². The predicted octanol–water partition coefficient (Wildman–Crippen LogP) is 1.20. The third-order valence-corrected chi connectivity index (χ3v) is 3.80. The van der Waals surface area contributed by atoms with Crippen LogP contribution in [0.15, 0.2) is 0 Å². The summed E-state index contributed by atoms with van der Waals surface area (Å²) in [6, 6.07) is 0.759. The first kappa shape index (κ1) is 12.9. The molecule has 90 valence electrons. The van der Waals surface area contributed by atoms with E-state index in [4.69, 9.17) is 5.73 Å². The quantitative estimate of drug-likeness (QED) is 0.739. The van der Waals surface area contributed by atoms with E-state index in [9.17, 15) is 5.11 Å². The van der Waals surface area contributed by atoms with Crippen molar-refractivity contribution in [2.75, 3.05) is 13.7 Å². The minimum Gasteiger partial charge on any atom is -0.395 e. The normalized spacial score (nSPS) is 31.6. The Morgan fingerprint density at radius 2 is 2.13 bits per heavy atom. The lowest BCUT2D eigenvalue weighted by Gasteiger charge is -2.39. The van der Waals surface area contributed by atoms with Crippen LogP contribution >= 0.6 is 0 Å². The Kier molecular flexibility index (Phi) is 5.03. The second kappa shape index (κ2) is 5.83. The van der Waals surface area contributed by atoms with E-state index in [1.165, 1.54) is 25.7 Å². The highest BCUT2D eigenvalue weighted by molar-refractivity contribution is 4.84. The molecule has 1 rings (SSSR count). The minimum absolute atomic E-state index is 0.0391. The summed E-state index contributed by atoms with van der Waals surface area (Å²) in [5.41, 5.74) is 5.89. The van der Waals surface area contributed by atoms with E-state index in [-0.39, 0.29) is 18.7 Å². The maximum Gasteiger partial charge on any atom is 0.0601 e. The highest BCUT2D eigenvalue weighted by Gasteiger charge is 2.28. The van der Waals surface area contributed by atoms with E-state index in [0.29, 0.717) is 6.04 Å². The molecule has 0 bridgehead atoms. The Morgan fingerprint density at radius 3 is 2.60 bits per heavy atom. The average molecular weight is 214 g/mol. The first-order valence-electron chi connectivity index (χ1n) is 6.14. The van der Waals surface area contributed by atoms with Crippen LogP contribution in [0, 0.1) is 5.92 Å². The number of nitrogens with two attached hydrogens (primary N) is 1. The first-order chi connectivity index (χ1) is 7.06. The summed E-state index contributed by atoms with van der Waals surface area (Å²) >= 11 is 0. The Labute approximate surface area is 93.6 Å². The summed E-state index contributed by atoms with van der Waals surface area (Å²) in [7, 11) is 2.10. The molecule has 0 aliphatic heterocycles. The molecule has 0 spiro atoms. The summed E-state index contributed by atoms with van der Waals surface area (Å²) in [5, 5.41) is 9.34. The van der Waals surface area contributed by atoms with Gasteiger partial charge in [-0.25, -0.2) is 0 Å². The summed E-state index contributed by atoms with van der Waals surface area (Å²) < 4.78 is 0. The predicted molar refractivity (Wildman–Crippen MR) is 63.7 cm³/mol. The third kappa shape index (κ3) is 3.44. The highest BCUT2D eigenvalue weighted by atomic mass is 16.3. The van der Waals surface area contributed by atoms with E-state index >= 15 is 0 Å².